The third-order valence-electron chi connectivity index (χ3n) is 4.17. The van der Waals surface area contributed by atoms with Gasteiger partial charge in [0, 0.05) is 18.3 Å². The van der Waals surface area contributed by atoms with E-state index in [0.717, 1.165) is 18.2 Å². The smallest absolute Gasteiger partial charge is 0.412 e. The lowest BCUT2D eigenvalue weighted by Gasteiger charge is -2.28. The van der Waals surface area contributed by atoms with Crippen molar-refractivity contribution in [2.75, 3.05) is 5.32 Å². The predicted molar refractivity (Wildman–Crippen MR) is 94.6 cm³/mol. The van der Waals surface area contributed by atoms with Crippen LogP contribution in [-0.4, -0.2) is 17.7 Å². The third-order valence-corrected chi connectivity index (χ3v) is 4.17. The summed E-state index contributed by atoms with van der Waals surface area (Å²) in [5, 5.41) is 6.33. The van der Waals surface area contributed by atoms with E-state index in [1.165, 1.54) is 31.2 Å². The zero-order valence-electron chi connectivity index (χ0n) is 14.8. The van der Waals surface area contributed by atoms with Crippen LogP contribution in [0, 0.1) is 5.92 Å². The summed E-state index contributed by atoms with van der Waals surface area (Å²) < 4.78 is 5.24. The molecule has 0 aromatic heterocycles. The molecule has 1 unspecified atom stereocenters. The summed E-state index contributed by atoms with van der Waals surface area (Å²) in [5.74, 6) is 0.929. The van der Waals surface area contributed by atoms with Crippen LogP contribution in [0.1, 0.15) is 58.9 Å². The molecule has 1 saturated carbocycles. The van der Waals surface area contributed by atoms with Crippen molar-refractivity contribution < 1.29 is 9.53 Å². The van der Waals surface area contributed by atoms with Gasteiger partial charge in [-0.2, -0.15) is 0 Å². The van der Waals surface area contributed by atoms with Crippen molar-refractivity contribution in [3.63, 3.8) is 0 Å². The van der Waals surface area contributed by atoms with Crippen LogP contribution >= 0.6 is 0 Å². The molecule has 1 atom stereocenters. The first-order valence-corrected chi connectivity index (χ1v) is 8.64. The lowest BCUT2D eigenvalue weighted by atomic mass is 9.81. The van der Waals surface area contributed by atoms with Gasteiger partial charge in [0.05, 0.1) is 0 Å². The van der Waals surface area contributed by atoms with Crippen molar-refractivity contribution in [3.05, 3.63) is 29.8 Å². The van der Waals surface area contributed by atoms with Gasteiger partial charge in [-0.1, -0.05) is 31.4 Å². The molecular formula is C19H30N2O2. The fraction of sp³-hybridized carbons (Fsp3) is 0.632. The molecule has 23 heavy (non-hydrogen) atoms. The van der Waals surface area contributed by atoms with Crippen molar-refractivity contribution in [1.29, 1.82) is 0 Å². The molecule has 0 spiro atoms. The van der Waals surface area contributed by atoms with Crippen LogP contribution in [-0.2, 0) is 11.3 Å². The van der Waals surface area contributed by atoms with Gasteiger partial charge < -0.3 is 10.1 Å². The molecule has 0 aliphatic heterocycles. The van der Waals surface area contributed by atoms with Gasteiger partial charge in [-0.15, -0.1) is 0 Å². The third kappa shape index (κ3) is 6.61. The minimum absolute atomic E-state index is 0.419. The molecule has 4 nitrogen and oxygen atoms in total. The predicted octanol–water partition coefficient (Wildman–Crippen LogP) is 4.70. The Morgan fingerprint density at radius 2 is 1.91 bits per heavy atom. The van der Waals surface area contributed by atoms with Crippen LogP contribution in [0.25, 0.3) is 0 Å². The fourth-order valence-electron chi connectivity index (χ4n) is 2.73. The molecule has 4 heteroatoms. The number of rotatable bonds is 6. The Labute approximate surface area is 140 Å². The standard InChI is InChI=1S/C19H30N2O2/c1-14(12-15-6-5-7-15)20-13-16-8-10-17(11-9-16)21-18(22)23-19(2,3)4/h8-11,14-15,20H,5-7,12-13H2,1-4H3,(H,21,22). The van der Waals surface area contributed by atoms with E-state index in [1.807, 2.05) is 45.0 Å². The molecule has 0 saturated heterocycles. The number of benzene rings is 1. The van der Waals surface area contributed by atoms with E-state index in [1.54, 1.807) is 0 Å². The van der Waals surface area contributed by atoms with Gasteiger partial charge in [0.15, 0.2) is 0 Å². The van der Waals surface area contributed by atoms with Crippen molar-refractivity contribution in [3.8, 4) is 0 Å². The Morgan fingerprint density at radius 1 is 1.26 bits per heavy atom. The Bertz CT molecular complexity index is 501. The zero-order valence-corrected chi connectivity index (χ0v) is 14.8. The second-order valence-electron chi connectivity index (χ2n) is 7.64. The number of hydrogen-bond acceptors (Lipinski definition) is 3. The number of hydrogen-bond donors (Lipinski definition) is 2. The van der Waals surface area contributed by atoms with Crippen LogP contribution in [0.15, 0.2) is 24.3 Å². The number of carbonyl (C=O) groups excluding carboxylic acids is 1. The van der Waals surface area contributed by atoms with Gasteiger partial charge in [0.2, 0.25) is 0 Å². The van der Waals surface area contributed by atoms with E-state index in [-0.39, 0.29) is 0 Å². The van der Waals surface area contributed by atoms with E-state index in [9.17, 15) is 4.79 Å². The quantitative estimate of drug-likeness (QED) is 0.799. The summed E-state index contributed by atoms with van der Waals surface area (Å²) in [6.45, 7) is 8.68. The molecule has 128 valence electrons. The van der Waals surface area contributed by atoms with Crippen molar-refractivity contribution in [2.24, 2.45) is 5.92 Å². The van der Waals surface area contributed by atoms with Gasteiger partial charge in [-0.3, -0.25) is 5.32 Å². The first-order chi connectivity index (χ1) is 10.8. The Balaban J connectivity index is 1.74. The summed E-state index contributed by atoms with van der Waals surface area (Å²) in [6, 6.07) is 8.46. The zero-order chi connectivity index (χ0) is 16.9. The molecule has 0 radical (unpaired) electrons. The minimum Gasteiger partial charge on any atom is -0.444 e. The fourth-order valence-corrected chi connectivity index (χ4v) is 2.73. The van der Waals surface area contributed by atoms with Gasteiger partial charge in [-0.25, -0.2) is 4.79 Å². The molecule has 1 aliphatic carbocycles. The second kappa shape index (κ2) is 7.82. The average molecular weight is 318 g/mol. The second-order valence-corrected chi connectivity index (χ2v) is 7.64. The molecule has 0 heterocycles. The molecule has 1 aromatic carbocycles. The van der Waals surface area contributed by atoms with Gasteiger partial charge in [0.1, 0.15) is 5.60 Å². The SMILES string of the molecule is CC(CC1CCC1)NCc1ccc(NC(=O)OC(C)(C)C)cc1. The maximum atomic E-state index is 11.7. The highest BCUT2D eigenvalue weighted by Gasteiger charge is 2.19. The molecule has 2 N–H and O–H groups in total. The van der Waals surface area contributed by atoms with Crippen LogP contribution in [0.2, 0.25) is 0 Å². The number of anilines is 1. The van der Waals surface area contributed by atoms with Crippen LogP contribution in [0.5, 0.6) is 0 Å². The Hall–Kier alpha value is -1.55. The molecule has 0 bridgehead atoms. The van der Waals surface area contributed by atoms with Crippen molar-refractivity contribution >= 4 is 11.8 Å². The van der Waals surface area contributed by atoms with Crippen LogP contribution in [0.3, 0.4) is 0 Å². The van der Waals surface area contributed by atoms with Gasteiger partial charge in [-0.05, 0) is 57.7 Å². The molecule has 1 aliphatic rings. The Kier molecular flexibility index (Phi) is 6.05. The van der Waals surface area contributed by atoms with Crippen LogP contribution < -0.4 is 10.6 Å². The monoisotopic (exact) mass is 318 g/mol. The average Bonchev–Trinajstić information content (AvgIpc) is 2.40. The number of amides is 1. The highest BCUT2D eigenvalue weighted by atomic mass is 16.6. The number of ether oxygens (including phenoxy) is 1. The van der Waals surface area contributed by atoms with E-state index in [4.69, 9.17) is 4.74 Å². The lowest BCUT2D eigenvalue weighted by molar-refractivity contribution is 0.0636. The summed E-state index contributed by atoms with van der Waals surface area (Å²) in [7, 11) is 0. The molecule has 1 aromatic rings. The van der Waals surface area contributed by atoms with E-state index < -0.39 is 11.7 Å². The molecule has 1 amide bonds. The van der Waals surface area contributed by atoms with E-state index in [0.29, 0.717) is 6.04 Å². The highest BCUT2D eigenvalue weighted by molar-refractivity contribution is 5.84. The maximum absolute atomic E-state index is 11.7. The first-order valence-electron chi connectivity index (χ1n) is 8.64. The van der Waals surface area contributed by atoms with E-state index in [2.05, 4.69) is 17.6 Å². The summed E-state index contributed by atoms with van der Waals surface area (Å²) >= 11 is 0. The topological polar surface area (TPSA) is 50.4 Å². The van der Waals surface area contributed by atoms with Crippen molar-refractivity contribution in [1.82, 2.24) is 5.32 Å². The number of nitrogens with one attached hydrogen (secondary N) is 2. The lowest BCUT2D eigenvalue weighted by Crippen LogP contribution is -2.29. The Morgan fingerprint density at radius 3 is 2.43 bits per heavy atom. The van der Waals surface area contributed by atoms with Gasteiger partial charge in [0.25, 0.3) is 0 Å². The van der Waals surface area contributed by atoms with Crippen LogP contribution in [0.4, 0.5) is 10.5 Å². The maximum Gasteiger partial charge on any atom is 0.412 e. The molecular weight excluding hydrogens is 288 g/mol. The van der Waals surface area contributed by atoms with Crippen molar-refractivity contribution in [2.45, 2.75) is 71.6 Å². The summed E-state index contributed by atoms with van der Waals surface area (Å²) in [6.07, 6.45) is 5.06. The largest absolute Gasteiger partial charge is 0.444 e. The summed E-state index contributed by atoms with van der Waals surface area (Å²) in [5.41, 5.74) is 1.50. The number of carbonyl (C=O) groups is 1. The van der Waals surface area contributed by atoms with Gasteiger partial charge >= 0.3 is 6.09 Å². The first kappa shape index (κ1) is 17.8. The highest BCUT2D eigenvalue weighted by Crippen LogP contribution is 2.30. The van der Waals surface area contributed by atoms with E-state index >= 15 is 0 Å². The normalized spacial score (nSPS) is 16.5. The molecule has 2 rings (SSSR count). The minimum atomic E-state index is -0.482. The summed E-state index contributed by atoms with van der Waals surface area (Å²) in [4.78, 5) is 11.7. The molecule has 1 fully saturated rings.